The SMILES string of the molecule is CC1(C)C(C(=O)[O-])C2C(=O)CC2S1(=O)=O.[Na+]. The van der Waals surface area contributed by atoms with E-state index in [1.807, 2.05) is 0 Å². The standard InChI is InChI=1S/C9H12O5S.Na/c1-9(2)7(8(11)12)6-4(10)3-5(6)15(9,13)14;/h5-7H,3H2,1-2H3,(H,11,12);/q;+1/p-1. The van der Waals surface area contributed by atoms with Gasteiger partial charge in [-0.3, -0.25) is 4.79 Å². The third kappa shape index (κ3) is 1.43. The van der Waals surface area contributed by atoms with Gasteiger partial charge in [0.1, 0.15) is 5.78 Å². The van der Waals surface area contributed by atoms with Crippen LogP contribution in [0.1, 0.15) is 20.3 Å². The number of hydrogen-bond acceptors (Lipinski definition) is 5. The van der Waals surface area contributed by atoms with E-state index in [0.29, 0.717) is 0 Å². The van der Waals surface area contributed by atoms with Gasteiger partial charge in [0.15, 0.2) is 9.84 Å². The Morgan fingerprint density at radius 3 is 2.25 bits per heavy atom. The predicted molar refractivity (Wildman–Crippen MR) is 48.4 cm³/mol. The largest absolute Gasteiger partial charge is 1.00 e. The van der Waals surface area contributed by atoms with Gasteiger partial charge in [-0.2, -0.15) is 0 Å². The van der Waals surface area contributed by atoms with Crippen LogP contribution < -0.4 is 34.7 Å². The second-order valence-corrected chi connectivity index (χ2v) is 7.43. The fraction of sp³-hybridized carbons (Fsp3) is 0.778. The number of carboxylic acid groups (broad SMARTS) is 1. The zero-order valence-electron chi connectivity index (χ0n) is 9.39. The molecule has 1 aliphatic heterocycles. The summed E-state index contributed by atoms with van der Waals surface area (Å²) in [5, 5.41) is 10.1. The van der Waals surface area contributed by atoms with Gasteiger partial charge in [-0.05, 0) is 13.8 Å². The number of hydrogen-bond donors (Lipinski definition) is 0. The normalized spacial score (nSPS) is 38.1. The molecule has 3 atom stereocenters. The molecule has 1 heterocycles. The number of carbonyl (C=O) groups is 2. The van der Waals surface area contributed by atoms with Crippen LogP contribution in [-0.2, 0) is 19.4 Å². The fourth-order valence-electron chi connectivity index (χ4n) is 2.64. The second kappa shape index (κ2) is 3.80. The molecule has 84 valence electrons. The number of sulfone groups is 1. The number of fused-ring (bicyclic) bond motifs is 1. The van der Waals surface area contributed by atoms with E-state index in [0.717, 1.165) is 0 Å². The summed E-state index contributed by atoms with van der Waals surface area (Å²) < 4.78 is 22.4. The third-order valence-electron chi connectivity index (χ3n) is 3.67. The van der Waals surface area contributed by atoms with Gasteiger partial charge in [-0.15, -0.1) is 0 Å². The van der Waals surface area contributed by atoms with Crippen molar-refractivity contribution in [2.24, 2.45) is 11.8 Å². The molecule has 0 amide bonds. The summed E-state index contributed by atoms with van der Waals surface area (Å²) in [5.41, 5.74) is 0. The van der Waals surface area contributed by atoms with E-state index in [2.05, 4.69) is 0 Å². The molecule has 0 aromatic carbocycles. The van der Waals surface area contributed by atoms with Crippen LogP contribution >= 0.6 is 0 Å². The monoisotopic (exact) mass is 254 g/mol. The Kier molecular flexibility index (Phi) is 3.36. The van der Waals surface area contributed by atoms with E-state index >= 15 is 0 Å². The van der Waals surface area contributed by atoms with E-state index in [1.54, 1.807) is 0 Å². The van der Waals surface area contributed by atoms with Crippen LogP contribution in [0.3, 0.4) is 0 Å². The summed E-state index contributed by atoms with van der Waals surface area (Å²) in [6.07, 6.45) is -0.0415. The van der Waals surface area contributed by atoms with Gasteiger partial charge in [0.25, 0.3) is 0 Å². The maximum atomic E-state index is 11.9. The molecule has 3 unspecified atom stereocenters. The van der Waals surface area contributed by atoms with Crippen molar-refractivity contribution in [3.05, 3.63) is 0 Å². The quantitative estimate of drug-likeness (QED) is 0.440. The van der Waals surface area contributed by atoms with Crippen molar-refractivity contribution >= 4 is 21.6 Å². The Labute approximate surface area is 116 Å². The van der Waals surface area contributed by atoms with Crippen molar-refractivity contribution in [3.8, 4) is 0 Å². The second-order valence-electron chi connectivity index (χ2n) is 4.68. The Morgan fingerprint density at radius 2 is 1.94 bits per heavy atom. The first kappa shape index (κ1) is 14.2. The maximum Gasteiger partial charge on any atom is 1.00 e. The summed E-state index contributed by atoms with van der Waals surface area (Å²) in [4.78, 5) is 22.2. The van der Waals surface area contributed by atoms with Gasteiger partial charge < -0.3 is 9.90 Å². The molecular weight excluding hydrogens is 243 g/mol. The first-order valence-electron chi connectivity index (χ1n) is 4.68. The van der Waals surface area contributed by atoms with Gasteiger partial charge >= 0.3 is 29.6 Å². The first-order chi connectivity index (χ1) is 6.71. The van der Waals surface area contributed by atoms with Crippen LogP contribution in [0.2, 0.25) is 0 Å². The molecule has 0 spiro atoms. The summed E-state index contributed by atoms with van der Waals surface area (Å²) in [6, 6.07) is 0. The fourth-order valence-corrected chi connectivity index (χ4v) is 5.10. The van der Waals surface area contributed by atoms with Crippen LogP contribution in [0.4, 0.5) is 0 Å². The number of Topliss-reactive ketones (excluding diaryl/α,β-unsaturated/α-hetero) is 1. The molecule has 2 fully saturated rings. The molecule has 2 aliphatic rings. The van der Waals surface area contributed by atoms with Crippen LogP contribution in [0.25, 0.3) is 0 Å². The van der Waals surface area contributed by atoms with E-state index < -0.39 is 37.6 Å². The van der Waals surface area contributed by atoms with Crippen molar-refractivity contribution in [2.45, 2.75) is 30.3 Å². The average molecular weight is 254 g/mol. The first-order valence-corrected chi connectivity index (χ1v) is 6.23. The van der Waals surface area contributed by atoms with Crippen LogP contribution in [0.5, 0.6) is 0 Å². The van der Waals surface area contributed by atoms with Crippen molar-refractivity contribution in [2.75, 3.05) is 0 Å². The molecule has 1 aliphatic carbocycles. The molecule has 1 saturated heterocycles. The van der Waals surface area contributed by atoms with E-state index in [4.69, 9.17) is 0 Å². The minimum atomic E-state index is -3.53. The van der Waals surface area contributed by atoms with Gasteiger partial charge in [0.05, 0.1) is 10.00 Å². The summed E-state index contributed by atoms with van der Waals surface area (Å²) >= 11 is 0. The van der Waals surface area contributed by atoms with Gasteiger partial charge in [0, 0.05) is 24.2 Å². The van der Waals surface area contributed by atoms with Gasteiger partial charge in [-0.25, -0.2) is 8.42 Å². The molecule has 2 rings (SSSR count). The molecule has 7 heteroatoms. The van der Waals surface area contributed by atoms with Crippen molar-refractivity contribution in [1.82, 2.24) is 0 Å². The molecule has 0 N–H and O–H groups in total. The smallest absolute Gasteiger partial charge is 0.550 e. The molecule has 0 radical (unpaired) electrons. The van der Waals surface area contributed by atoms with Crippen LogP contribution in [0, 0.1) is 11.8 Å². The Hall–Kier alpha value is 0.0900. The molecule has 0 bridgehead atoms. The minimum Gasteiger partial charge on any atom is -0.550 e. The summed E-state index contributed by atoms with van der Waals surface area (Å²) in [5.74, 6) is -3.80. The van der Waals surface area contributed by atoms with Gasteiger partial charge in [-0.1, -0.05) is 0 Å². The summed E-state index contributed by atoms with van der Waals surface area (Å²) in [7, 11) is -3.53. The molecule has 0 aromatic heterocycles. The van der Waals surface area contributed by atoms with Crippen molar-refractivity contribution < 1.29 is 52.7 Å². The summed E-state index contributed by atoms with van der Waals surface area (Å²) in [6.45, 7) is 2.71. The predicted octanol–water partition coefficient (Wildman–Crippen LogP) is -4.48. The molecule has 5 nitrogen and oxygen atoms in total. The van der Waals surface area contributed by atoms with Crippen molar-refractivity contribution in [3.63, 3.8) is 0 Å². The van der Waals surface area contributed by atoms with E-state index in [9.17, 15) is 23.1 Å². The Morgan fingerprint density at radius 1 is 1.44 bits per heavy atom. The number of rotatable bonds is 1. The zero-order chi connectivity index (χ0) is 11.6. The Balaban J connectivity index is 0.00000128. The Bertz CT molecular complexity index is 453. The maximum absolute atomic E-state index is 11.9. The topological polar surface area (TPSA) is 91.3 Å². The van der Waals surface area contributed by atoms with Crippen LogP contribution in [0.15, 0.2) is 0 Å². The number of ketones is 1. The number of carbonyl (C=O) groups excluding carboxylic acids is 2. The molecule has 16 heavy (non-hydrogen) atoms. The van der Waals surface area contributed by atoms with Crippen molar-refractivity contribution in [1.29, 1.82) is 0 Å². The van der Waals surface area contributed by atoms with E-state index in [1.165, 1.54) is 13.8 Å². The number of carboxylic acids is 1. The molecular formula is C9H11NaO5S. The minimum absolute atomic E-state index is 0. The molecule has 1 saturated carbocycles. The van der Waals surface area contributed by atoms with Gasteiger partial charge in [0.2, 0.25) is 0 Å². The number of aliphatic carboxylic acids is 1. The van der Waals surface area contributed by atoms with E-state index in [-0.39, 0.29) is 41.8 Å². The molecule has 0 aromatic rings. The average Bonchev–Trinajstić information content (AvgIpc) is 2.19. The zero-order valence-corrected chi connectivity index (χ0v) is 12.2. The third-order valence-corrected chi connectivity index (χ3v) is 6.65. The van der Waals surface area contributed by atoms with Crippen LogP contribution in [-0.4, -0.2) is 30.2 Å².